The van der Waals surface area contributed by atoms with E-state index in [4.69, 9.17) is 23.2 Å². The van der Waals surface area contributed by atoms with Crippen LogP contribution >= 0.6 is 23.2 Å². The molecule has 6 heteroatoms. The van der Waals surface area contributed by atoms with Gasteiger partial charge in [-0.3, -0.25) is 0 Å². The Balaban J connectivity index is 1.46. The van der Waals surface area contributed by atoms with Gasteiger partial charge < -0.3 is 10.6 Å². The molecule has 134 valence electrons. The van der Waals surface area contributed by atoms with Crippen LogP contribution in [0, 0.1) is 0 Å². The molecule has 3 aromatic rings. The van der Waals surface area contributed by atoms with Crippen molar-refractivity contribution in [2.24, 2.45) is 0 Å². The second-order valence-corrected chi connectivity index (χ2v) is 6.75. The van der Waals surface area contributed by atoms with Crippen LogP contribution in [-0.2, 0) is 12.8 Å². The Bertz CT molecular complexity index is 837. The van der Waals surface area contributed by atoms with Gasteiger partial charge >= 0.3 is 0 Å². The van der Waals surface area contributed by atoms with E-state index in [9.17, 15) is 0 Å². The first-order valence-corrected chi connectivity index (χ1v) is 9.24. The molecule has 2 aromatic carbocycles. The predicted molar refractivity (Wildman–Crippen MR) is 109 cm³/mol. The fourth-order valence-corrected chi connectivity index (χ4v) is 2.88. The molecular formula is C20H20Cl2N4. The number of anilines is 2. The zero-order valence-electron chi connectivity index (χ0n) is 14.3. The van der Waals surface area contributed by atoms with E-state index in [1.54, 1.807) is 6.20 Å². The molecule has 0 unspecified atom stereocenters. The van der Waals surface area contributed by atoms with Gasteiger partial charge in [-0.15, -0.1) is 0 Å². The summed E-state index contributed by atoms with van der Waals surface area (Å²) in [6, 6.07) is 17.6. The molecule has 0 aliphatic rings. The monoisotopic (exact) mass is 386 g/mol. The van der Waals surface area contributed by atoms with Crippen molar-refractivity contribution >= 4 is 35.0 Å². The highest BCUT2D eigenvalue weighted by molar-refractivity contribution is 6.30. The average Bonchev–Trinajstić information content (AvgIpc) is 2.64. The predicted octanol–water partition coefficient (Wildman–Crippen LogP) is 5.09. The zero-order chi connectivity index (χ0) is 18.2. The van der Waals surface area contributed by atoms with E-state index in [1.807, 2.05) is 48.5 Å². The molecule has 0 bridgehead atoms. The van der Waals surface area contributed by atoms with Gasteiger partial charge in [0.1, 0.15) is 5.82 Å². The summed E-state index contributed by atoms with van der Waals surface area (Å²) in [5, 5.41) is 8.08. The summed E-state index contributed by atoms with van der Waals surface area (Å²) in [6.45, 7) is 1.54. The van der Waals surface area contributed by atoms with Crippen LogP contribution in [0.5, 0.6) is 0 Å². The molecular weight excluding hydrogens is 367 g/mol. The second kappa shape index (κ2) is 9.41. The summed E-state index contributed by atoms with van der Waals surface area (Å²) in [4.78, 5) is 8.75. The number of aromatic nitrogens is 2. The largest absolute Gasteiger partial charge is 0.370 e. The molecule has 0 fully saturated rings. The van der Waals surface area contributed by atoms with Gasteiger partial charge in [-0.05, 0) is 54.3 Å². The smallest absolute Gasteiger partial charge is 0.224 e. The van der Waals surface area contributed by atoms with Crippen molar-refractivity contribution in [3.8, 4) is 0 Å². The molecule has 4 nitrogen and oxygen atoms in total. The van der Waals surface area contributed by atoms with Crippen LogP contribution in [0.25, 0.3) is 0 Å². The Kier molecular flexibility index (Phi) is 6.69. The Labute approximate surface area is 163 Å². The molecule has 0 atom stereocenters. The maximum Gasteiger partial charge on any atom is 0.224 e. The maximum absolute atomic E-state index is 6.01. The van der Waals surface area contributed by atoms with Crippen molar-refractivity contribution < 1.29 is 0 Å². The summed E-state index contributed by atoms with van der Waals surface area (Å²) in [5.74, 6) is 1.42. The number of nitrogens with zero attached hydrogens (tertiary/aromatic N) is 2. The molecule has 0 radical (unpaired) electrons. The lowest BCUT2D eigenvalue weighted by molar-refractivity contribution is 0.970. The van der Waals surface area contributed by atoms with Crippen LogP contribution in [0.4, 0.5) is 11.8 Å². The number of nitrogens with one attached hydrogen (secondary N) is 2. The molecule has 1 aromatic heterocycles. The number of benzene rings is 2. The van der Waals surface area contributed by atoms with E-state index in [0.29, 0.717) is 5.95 Å². The quantitative estimate of drug-likeness (QED) is 0.565. The molecule has 0 amide bonds. The number of halogens is 2. The van der Waals surface area contributed by atoms with Gasteiger partial charge in [-0.25, -0.2) is 4.98 Å². The third-order valence-electron chi connectivity index (χ3n) is 3.87. The fourth-order valence-electron chi connectivity index (χ4n) is 2.54. The number of hydrogen-bond donors (Lipinski definition) is 2. The van der Waals surface area contributed by atoms with Gasteiger partial charge in [-0.2, -0.15) is 4.98 Å². The van der Waals surface area contributed by atoms with Gasteiger partial charge in [0, 0.05) is 29.3 Å². The minimum atomic E-state index is 0.617. The normalized spacial score (nSPS) is 10.5. The molecule has 0 aliphatic carbocycles. The lowest BCUT2D eigenvalue weighted by atomic mass is 10.1. The Morgan fingerprint density at radius 2 is 1.54 bits per heavy atom. The van der Waals surface area contributed by atoms with Crippen molar-refractivity contribution in [2.75, 3.05) is 23.7 Å². The minimum Gasteiger partial charge on any atom is -0.370 e. The first-order chi connectivity index (χ1) is 12.7. The van der Waals surface area contributed by atoms with Gasteiger partial charge in [0.2, 0.25) is 5.95 Å². The Morgan fingerprint density at radius 3 is 2.35 bits per heavy atom. The highest BCUT2D eigenvalue weighted by Gasteiger charge is 2.00. The van der Waals surface area contributed by atoms with Crippen LogP contribution in [0.3, 0.4) is 0 Å². The van der Waals surface area contributed by atoms with Crippen molar-refractivity contribution in [3.63, 3.8) is 0 Å². The highest BCUT2D eigenvalue weighted by Crippen LogP contribution is 2.12. The third-order valence-corrected chi connectivity index (χ3v) is 4.36. The SMILES string of the molecule is Clc1ccc(CCNc2nccc(NCCc3cccc(Cl)c3)n2)cc1. The molecule has 2 N–H and O–H groups in total. The summed E-state index contributed by atoms with van der Waals surface area (Å²) < 4.78 is 0. The van der Waals surface area contributed by atoms with Crippen molar-refractivity contribution in [2.45, 2.75) is 12.8 Å². The average molecular weight is 387 g/mol. The van der Waals surface area contributed by atoms with Crippen molar-refractivity contribution in [1.82, 2.24) is 9.97 Å². The van der Waals surface area contributed by atoms with Crippen LogP contribution in [0.2, 0.25) is 10.0 Å². The second-order valence-electron chi connectivity index (χ2n) is 5.88. The van der Waals surface area contributed by atoms with E-state index >= 15 is 0 Å². The standard InChI is InChI=1S/C20H20Cl2N4/c21-17-6-4-15(5-7-17)8-12-24-20-25-13-10-19(26-20)23-11-9-16-2-1-3-18(22)14-16/h1-7,10,13-14H,8-9,11-12H2,(H2,23,24,25,26). The number of hydrogen-bond acceptors (Lipinski definition) is 4. The van der Waals surface area contributed by atoms with Crippen molar-refractivity contribution in [1.29, 1.82) is 0 Å². The lowest BCUT2D eigenvalue weighted by Crippen LogP contribution is -2.11. The van der Waals surface area contributed by atoms with E-state index in [0.717, 1.165) is 41.8 Å². The topological polar surface area (TPSA) is 49.8 Å². The summed E-state index contributed by atoms with van der Waals surface area (Å²) in [6.07, 6.45) is 3.51. The van der Waals surface area contributed by atoms with E-state index in [-0.39, 0.29) is 0 Å². The van der Waals surface area contributed by atoms with Crippen LogP contribution in [0.15, 0.2) is 60.8 Å². The van der Waals surface area contributed by atoms with Gasteiger partial charge in [0.15, 0.2) is 0 Å². The molecule has 26 heavy (non-hydrogen) atoms. The zero-order valence-corrected chi connectivity index (χ0v) is 15.8. The van der Waals surface area contributed by atoms with Crippen LogP contribution < -0.4 is 10.6 Å². The molecule has 3 rings (SSSR count). The molecule has 0 saturated carbocycles. The van der Waals surface area contributed by atoms with Crippen LogP contribution in [-0.4, -0.2) is 23.1 Å². The van der Waals surface area contributed by atoms with Gasteiger partial charge in [0.25, 0.3) is 0 Å². The van der Waals surface area contributed by atoms with Gasteiger partial charge in [-0.1, -0.05) is 47.5 Å². The Hall–Kier alpha value is -2.30. The highest BCUT2D eigenvalue weighted by atomic mass is 35.5. The van der Waals surface area contributed by atoms with E-state index in [2.05, 4.69) is 26.7 Å². The lowest BCUT2D eigenvalue weighted by Gasteiger charge is -2.09. The summed E-state index contributed by atoms with van der Waals surface area (Å²) in [7, 11) is 0. The van der Waals surface area contributed by atoms with E-state index < -0.39 is 0 Å². The van der Waals surface area contributed by atoms with E-state index in [1.165, 1.54) is 11.1 Å². The first-order valence-electron chi connectivity index (χ1n) is 8.49. The number of rotatable bonds is 8. The Morgan fingerprint density at radius 1 is 0.769 bits per heavy atom. The fraction of sp³-hybridized carbons (Fsp3) is 0.200. The van der Waals surface area contributed by atoms with Crippen molar-refractivity contribution in [3.05, 3.63) is 82.0 Å². The molecule has 1 heterocycles. The maximum atomic E-state index is 6.01. The minimum absolute atomic E-state index is 0.617. The summed E-state index contributed by atoms with van der Waals surface area (Å²) in [5.41, 5.74) is 2.41. The van der Waals surface area contributed by atoms with Crippen LogP contribution in [0.1, 0.15) is 11.1 Å². The summed E-state index contributed by atoms with van der Waals surface area (Å²) >= 11 is 11.9. The molecule has 0 spiro atoms. The third kappa shape index (κ3) is 5.90. The molecule has 0 aliphatic heterocycles. The first kappa shape index (κ1) is 18.5. The molecule has 0 saturated heterocycles. The van der Waals surface area contributed by atoms with Gasteiger partial charge in [0.05, 0.1) is 0 Å².